The molecule has 0 saturated heterocycles. The van der Waals surface area contributed by atoms with Crippen LogP contribution in [0.3, 0.4) is 0 Å². The van der Waals surface area contributed by atoms with Crippen LogP contribution in [0.1, 0.15) is 72.1 Å². The Morgan fingerprint density at radius 1 is 0.711 bits per heavy atom. The van der Waals surface area contributed by atoms with Crippen LogP contribution in [0.15, 0.2) is 115 Å². The third kappa shape index (κ3) is 3.70. The summed E-state index contributed by atoms with van der Waals surface area (Å²) < 4.78 is 5.28. The summed E-state index contributed by atoms with van der Waals surface area (Å²) in [6.07, 6.45) is 27.2. The van der Waals surface area contributed by atoms with Crippen molar-refractivity contribution in [3.63, 3.8) is 0 Å². The number of fused-ring (bicyclic) bond motifs is 9. The number of rotatable bonds is 3. The molecule has 5 aliphatic rings. The SMILES string of the molecule is C1=Cc2c(c3ccccc3n2C2=CC(n3c4c(c5ccccc53)C=CCC4)CC(N3c4ccccc4C4C=CCCC43)=C2)CC1. The summed E-state index contributed by atoms with van der Waals surface area (Å²) in [6.45, 7) is 0. The first-order valence-corrected chi connectivity index (χ1v) is 16.9. The molecule has 0 N–H and O–H groups in total. The van der Waals surface area contributed by atoms with E-state index in [0.29, 0.717) is 12.0 Å². The molecule has 0 saturated carbocycles. The topological polar surface area (TPSA) is 13.1 Å². The number of allylic oxidation sites excluding steroid dienone is 7. The van der Waals surface area contributed by atoms with Crippen molar-refractivity contribution < 1.29 is 0 Å². The van der Waals surface area contributed by atoms with Gasteiger partial charge >= 0.3 is 0 Å². The molecule has 3 atom stereocenters. The van der Waals surface area contributed by atoms with E-state index in [1.807, 2.05) is 0 Å². The Labute approximate surface area is 264 Å². The van der Waals surface area contributed by atoms with Gasteiger partial charge in [-0.2, -0.15) is 0 Å². The van der Waals surface area contributed by atoms with Gasteiger partial charge in [0.2, 0.25) is 0 Å². The Morgan fingerprint density at radius 3 is 2.47 bits per heavy atom. The van der Waals surface area contributed by atoms with Crippen LogP contribution in [0.2, 0.25) is 0 Å². The van der Waals surface area contributed by atoms with Crippen LogP contribution >= 0.6 is 0 Å². The molecule has 3 aromatic carbocycles. The molecule has 10 rings (SSSR count). The molecule has 45 heavy (non-hydrogen) atoms. The van der Waals surface area contributed by atoms with E-state index in [4.69, 9.17) is 0 Å². The van der Waals surface area contributed by atoms with Gasteiger partial charge in [-0.1, -0.05) is 85.0 Å². The van der Waals surface area contributed by atoms with Crippen molar-refractivity contribution in [1.29, 1.82) is 0 Å². The molecular weight excluding hydrogens is 546 g/mol. The molecule has 5 aromatic rings. The summed E-state index contributed by atoms with van der Waals surface area (Å²) in [4.78, 5) is 2.75. The molecule has 1 aliphatic heterocycles. The standard InChI is InChI=1S/C42H37N3/c1-7-19-37-31(13-1)32-14-2-8-20-38(32)43(37)28-25-29(44-39-21-9-3-15-33(39)34-16-4-10-22-40(34)44)27-30(26-28)45-41-23-11-5-17-35(41)36-18-6-12-24-42(36)45/h1-5,7,9,11-17,19,21,23-24,26-28,34,40H,6,8,10,18,20,22,25H2. The second-order valence-corrected chi connectivity index (χ2v) is 13.4. The van der Waals surface area contributed by atoms with Gasteiger partial charge in [0.1, 0.15) is 0 Å². The summed E-state index contributed by atoms with van der Waals surface area (Å²) in [6, 6.07) is 28.0. The van der Waals surface area contributed by atoms with Crippen molar-refractivity contribution in [3.8, 4) is 0 Å². The van der Waals surface area contributed by atoms with E-state index in [2.05, 4.69) is 135 Å². The van der Waals surface area contributed by atoms with E-state index in [1.165, 1.54) is 73.4 Å². The monoisotopic (exact) mass is 583 g/mol. The number of aromatic nitrogens is 2. The molecule has 0 amide bonds. The second-order valence-electron chi connectivity index (χ2n) is 13.4. The first kappa shape index (κ1) is 25.6. The quantitative estimate of drug-likeness (QED) is 0.193. The van der Waals surface area contributed by atoms with Crippen molar-refractivity contribution in [2.45, 2.75) is 62.9 Å². The Kier molecular flexibility index (Phi) is 5.61. The highest BCUT2D eigenvalue weighted by Crippen LogP contribution is 2.50. The van der Waals surface area contributed by atoms with Gasteiger partial charge < -0.3 is 14.0 Å². The number of aryl methyl sites for hydroxylation is 1. The molecule has 2 aromatic heterocycles. The summed E-state index contributed by atoms with van der Waals surface area (Å²) >= 11 is 0. The predicted molar refractivity (Wildman–Crippen MR) is 188 cm³/mol. The third-order valence-corrected chi connectivity index (χ3v) is 11.0. The number of anilines is 1. The van der Waals surface area contributed by atoms with Gasteiger partial charge in [-0.25, -0.2) is 0 Å². The first-order valence-electron chi connectivity index (χ1n) is 16.9. The largest absolute Gasteiger partial charge is 0.341 e. The number of nitrogens with zero attached hydrogens (tertiary/aromatic N) is 3. The lowest BCUT2D eigenvalue weighted by molar-refractivity contribution is 0.520. The van der Waals surface area contributed by atoms with Crippen LogP contribution in [0, 0.1) is 0 Å². The highest BCUT2D eigenvalue weighted by Gasteiger charge is 2.41. The summed E-state index contributed by atoms with van der Waals surface area (Å²) in [7, 11) is 0. The number of para-hydroxylation sites is 3. The van der Waals surface area contributed by atoms with E-state index < -0.39 is 0 Å². The molecule has 3 unspecified atom stereocenters. The van der Waals surface area contributed by atoms with E-state index in [0.717, 1.165) is 38.5 Å². The van der Waals surface area contributed by atoms with Crippen molar-refractivity contribution in [3.05, 3.63) is 143 Å². The van der Waals surface area contributed by atoms with Crippen molar-refractivity contribution in [1.82, 2.24) is 9.13 Å². The highest BCUT2D eigenvalue weighted by atomic mass is 15.2. The Bertz CT molecular complexity index is 2180. The van der Waals surface area contributed by atoms with Crippen LogP contribution < -0.4 is 4.90 Å². The van der Waals surface area contributed by atoms with Crippen molar-refractivity contribution in [2.75, 3.05) is 4.90 Å². The Morgan fingerprint density at radius 2 is 1.51 bits per heavy atom. The maximum atomic E-state index is 2.75. The van der Waals surface area contributed by atoms with E-state index in [9.17, 15) is 0 Å². The normalized spacial score (nSPS) is 23.1. The van der Waals surface area contributed by atoms with Crippen LogP contribution in [0.25, 0.3) is 39.7 Å². The minimum atomic E-state index is 0.217. The summed E-state index contributed by atoms with van der Waals surface area (Å²) in [5, 5.41) is 2.78. The number of benzene rings is 3. The van der Waals surface area contributed by atoms with Gasteiger partial charge in [-0.3, -0.25) is 0 Å². The van der Waals surface area contributed by atoms with Crippen molar-refractivity contribution >= 4 is 45.3 Å². The zero-order chi connectivity index (χ0) is 29.5. The maximum Gasteiger partial charge on any atom is 0.0597 e. The molecule has 0 radical (unpaired) electrons. The fourth-order valence-electron chi connectivity index (χ4n) is 9.22. The third-order valence-electron chi connectivity index (χ3n) is 11.0. The predicted octanol–water partition coefficient (Wildman–Crippen LogP) is 10.2. The van der Waals surface area contributed by atoms with E-state index >= 15 is 0 Å². The summed E-state index contributed by atoms with van der Waals surface area (Å²) in [5.74, 6) is 0.456. The van der Waals surface area contributed by atoms with Crippen LogP contribution in [0.4, 0.5) is 5.69 Å². The summed E-state index contributed by atoms with van der Waals surface area (Å²) in [5.41, 5.74) is 14.0. The Hall–Kier alpha value is -4.76. The lowest BCUT2D eigenvalue weighted by Gasteiger charge is -2.37. The van der Waals surface area contributed by atoms with Gasteiger partial charge in [0.05, 0.1) is 11.6 Å². The second kappa shape index (κ2) is 9.87. The average molecular weight is 584 g/mol. The molecule has 0 spiro atoms. The minimum absolute atomic E-state index is 0.217. The smallest absolute Gasteiger partial charge is 0.0597 e. The molecule has 3 heterocycles. The van der Waals surface area contributed by atoms with E-state index in [1.54, 1.807) is 0 Å². The number of hydrogen-bond donors (Lipinski definition) is 0. The molecule has 3 nitrogen and oxygen atoms in total. The molecule has 3 heteroatoms. The fourth-order valence-corrected chi connectivity index (χ4v) is 9.22. The van der Waals surface area contributed by atoms with Gasteiger partial charge in [0, 0.05) is 68.7 Å². The Balaban J connectivity index is 1.23. The zero-order valence-electron chi connectivity index (χ0n) is 25.6. The fraction of sp³-hybridized carbons (Fsp3) is 0.238. The minimum Gasteiger partial charge on any atom is -0.341 e. The van der Waals surface area contributed by atoms with Crippen molar-refractivity contribution in [2.24, 2.45) is 0 Å². The first-order chi connectivity index (χ1) is 22.3. The van der Waals surface area contributed by atoms with Gasteiger partial charge in [0.15, 0.2) is 0 Å². The van der Waals surface area contributed by atoms with Gasteiger partial charge in [-0.05, 0) is 86.1 Å². The molecule has 0 fully saturated rings. The lowest BCUT2D eigenvalue weighted by atomic mass is 9.87. The van der Waals surface area contributed by atoms with Crippen LogP contribution in [0.5, 0.6) is 0 Å². The van der Waals surface area contributed by atoms with E-state index in [-0.39, 0.29) is 6.04 Å². The maximum absolute atomic E-state index is 2.75. The molecule has 0 bridgehead atoms. The number of hydrogen-bond acceptors (Lipinski definition) is 1. The molecular formula is C42H37N3. The van der Waals surface area contributed by atoms with Gasteiger partial charge in [0.25, 0.3) is 0 Å². The lowest BCUT2D eigenvalue weighted by Crippen LogP contribution is -2.36. The van der Waals surface area contributed by atoms with Crippen LogP contribution in [-0.2, 0) is 12.8 Å². The zero-order valence-corrected chi connectivity index (χ0v) is 25.6. The van der Waals surface area contributed by atoms with Gasteiger partial charge in [-0.15, -0.1) is 0 Å². The van der Waals surface area contributed by atoms with Crippen LogP contribution in [-0.4, -0.2) is 15.2 Å². The average Bonchev–Trinajstić information content (AvgIpc) is 3.74. The molecule has 220 valence electrons. The highest BCUT2D eigenvalue weighted by molar-refractivity contribution is 5.94. The molecule has 4 aliphatic carbocycles.